The second-order valence-electron chi connectivity index (χ2n) is 7.65. The van der Waals surface area contributed by atoms with Crippen LogP contribution in [-0.4, -0.2) is 12.3 Å². The Bertz CT molecular complexity index is 1250. The van der Waals surface area contributed by atoms with E-state index >= 15 is 0 Å². The highest BCUT2D eigenvalue weighted by Crippen LogP contribution is 2.30. The van der Waals surface area contributed by atoms with Crippen LogP contribution in [0.25, 0.3) is 10.8 Å². The number of anilines is 2. The summed E-state index contributed by atoms with van der Waals surface area (Å²) in [5.74, 6) is -0.209. The molecule has 0 unspecified atom stereocenters. The first-order valence-corrected chi connectivity index (χ1v) is 10.2. The monoisotopic (exact) mass is 408 g/mol. The van der Waals surface area contributed by atoms with Crippen LogP contribution >= 0.6 is 0 Å². The number of para-hydroxylation sites is 2. The van der Waals surface area contributed by atoms with E-state index in [1.807, 2.05) is 55.5 Å². The summed E-state index contributed by atoms with van der Waals surface area (Å²) in [6.45, 7) is 4.44. The van der Waals surface area contributed by atoms with E-state index in [0.29, 0.717) is 23.5 Å². The lowest BCUT2D eigenvalue weighted by Gasteiger charge is -2.23. The predicted molar refractivity (Wildman–Crippen MR) is 127 cm³/mol. The molecule has 0 fully saturated rings. The van der Waals surface area contributed by atoms with Gasteiger partial charge in [-0.2, -0.15) is 0 Å². The Balaban J connectivity index is 1.66. The Labute approximate surface area is 182 Å². The summed E-state index contributed by atoms with van der Waals surface area (Å²) in [5, 5.41) is 5.21. The van der Waals surface area contributed by atoms with E-state index in [4.69, 9.17) is 0 Å². The van der Waals surface area contributed by atoms with E-state index in [9.17, 15) is 9.59 Å². The molecule has 0 radical (unpaired) electrons. The van der Waals surface area contributed by atoms with Crippen molar-refractivity contribution in [2.45, 2.75) is 20.4 Å². The fourth-order valence-electron chi connectivity index (χ4n) is 3.73. The molecule has 2 amide bonds. The largest absolute Gasteiger partial charge is 0.320 e. The van der Waals surface area contributed by atoms with Crippen LogP contribution in [0.4, 0.5) is 11.4 Å². The number of aryl methyl sites for hydroxylation is 2. The number of carbonyl (C=O) groups is 2. The topological polar surface area (TPSA) is 49.4 Å². The number of hydrogen-bond acceptors (Lipinski definition) is 2. The number of nitrogens with zero attached hydrogens (tertiary/aromatic N) is 1. The molecule has 0 aliphatic heterocycles. The first-order valence-electron chi connectivity index (χ1n) is 10.2. The van der Waals surface area contributed by atoms with E-state index in [0.717, 1.165) is 33.9 Å². The Kier molecular flexibility index (Phi) is 5.80. The fourth-order valence-corrected chi connectivity index (χ4v) is 3.73. The molecule has 0 aromatic heterocycles. The highest BCUT2D eigenvalue weighted by atomic mass is 16.2. The third kappa shape index (κ3) is 4.33. The van der Waals surface area contributed by atoms with Gasteiger partial charge in [0.25, 0.3) is 5.91 Å². The average molecular weight is 409 g/mol. The zero-order valence-electron chi connectivity index (χ0n) is 17.6. The third-order valence-electron chi connectivity index (χ3n) is 5.51. The Morgan fingerprint density at radius 2 is 1.58 bits per heavy atom. The van der Waals surface area contributed by atoms with Crippen molar-refractivity contribution in [2.75, 3.05) is 10.2 Å². The molecule has 0 spiro atoms. The second kappa shape index (κ2) is 8.84. The van der Waals surface area contributed by atoms with Gasteiger partial charge in [0, 0.05) is 5.56 Å². The molecular formula is C27H24N2O2. The van der Waals surface area contributed by atoms with Crippen LogP contribution in [0.5, 0.6) is 0 Å². The highest BCUT2D eigenvalue weighted by Gasteiger charge is 2.16. The molecule has 4 aromatic rings. The molecule has 0 atom stereocenters. The number of fused-ring (bicyclic) bond motifs is 1. The van der Waals surface area contributed by atoms with E-state index in [1.165, 1.54) is 0 Å². The smallest absolute Gasteiger partial charge is 0.255 e. The summed E-state index contributed by atoms with van der Waals surface area (Å²) in [6, 6.07) is 27.1. The van der Waals surface area contributed by atoms with Crippen molar-refractivity contribution < 1.29 is 9.59 Å². The van der Waals surface area contributed by atoms with Crippen LogP contribution in [-0.2, 0) is 11.3 Å². The molecule has 4 heteroatoms. The minimum absolute atomic E-state index is 0.209. The lowest BCUT2D eigenvalue weighted by Crippen LogP contribution is -2.23. The van der Waals surface area contributed by atoms with Crippen LogP contribution in [0.15, 0.2) is 84.9 Å². The molecular weight excluding hydrogens is 384 g/mol. The van der Waals surface area contributed by atoms with Crippen LogP contribution in [0, 0.1) is 13.8 Å². The minimum atomic E-state index is -0.209. The number of rotatable bonds is 6. The highest BCUT2D eigenvalue weighted by molar-refractivity contribution is 6.06. The van der Waals surface area contributed by atoms with Crippen molar-refractivity contribution in [1.82, 2.24) is 0 Å². The number of benzene rings is 4. The molecule has 154 valence electrons. The lowest BCUT2D eigenvalue weighted by molar-refractivity contribution is -0.107. The molecule has 0 saturated heterocycles. The van der Waals surface area contributed by atoms with Crippen molar-refractivity contribution in [1.29, 1.82) is 0 Å². The Morgan fingerprint density at radius 3 is 2.35 bits per heavy atom. The van der Waals surface area contributed by atoms with Gasteiger partial charge in [-0.1, -0.05) is 66.2 Å². The van der Waals surface area contributed by atoms with Gasteiger partial charge in [-0.05, 0) is 60.0 Å². The normalized spacial score (nSPS) is 10.6. The second-order valence-corrected chi connectivity index (χ2v) is 7.65. The molecule has 0 bridgehead atoms. The third-order valence-corrected chi connectivity index (χ3v) is 5.51. The van der Waals surface area contributed by atoms with Crippen LogP contribution in [0.2, 0.25) is 0 Å². The maximum Gasteiger partial charge on any atom is 0.255 e. The molecule has 4 rings (SSSR count). The average Bonchev–Trinajstić information content (AvgIpc) is 2.79. The molecule has 0 heterocycles. The van der Waals surface area contributed by atoms with Crippen LogP contribution < -0.4 is 10.2 Å². The van der Waals surface area contributed by atoms with Crippen molar-refractivity contribution in [3.63, 3.8) is 0 Å². The van der Waals surface area contributed by atoms with Crippen molar-refractivity contribution in [2.24, 2.45) is 0 Å². The summed E-state index contributed by atoms with van der Waals surface area (Å²) < 4.78 is 0. The van der Waals surface area contributed by atoms with Gasteiger partial charge in [-0.3, -0.25) is 9.59 Å². The summed E-state index contributed by atoms with van der Waals surface area (Å²) in [4.78, 5) is 26.5. The maximum absolute atomic E-state index is 12.8. The number of hydrogen-bond donors (Lipinski definition) is 1. The number of carbonyl (C=O) groups excluding carboxylic acids is 2. The van der Waals surface area contributed by atoms with Gasteiger partial charge < -0.3 is 10.2 Å². The fraction of sp³-hybridized carbons (Fsp3) is 0.111. The van der Waals surface area contributed by atoms with Gasteiger partial charge in [0.2, 0.25) is 6.41 Å². The zero-order valence-corrected chi connectivity index (χ0v) is 17.6. The maximum atomic E-state index is 12.8. The number of nitrogens with one attached hydrogen (secondary N) is 1. The van der Waals surface area contributed by atoms with E-state index in [1.54, 1.807) is 17.0 Å². The first kappa shape index (κ1) is 20.4. The molecule has 0 saturated carbocycles. The Morgan fingerprint density at radius 1 is 0.871 bits per heavy atom. The van der Waals surface area contributed by atoms with Gasteiger partial charge >= 0.3 is 0 Å². The molecule has 4 nitrogen and oxygen atoms in total. The predicted octanol–water partition coefficient (Wildman–Crippen LogP) is 5.87. The SMILES string of the molecule is Cc1ccc(C(=O)Nc2ccccc2N(C=O)Cc2c(C)ccc3ccccc23)cc1. The van der Waals surface area contributed by atoms with Gasteiger partial charge in [0.15, 0.2) is 0 Å². The summed E-state index contributed by atoms with van der Waals surface area (Å²) in [5.41, 5.74) is 5.12. The molecule has 1 N–H and O–H groups in total. The van der Waals surface area contributed by atoms with E-state index in [-0.39, 0.29) is 5.91 Å². The summed E-state index contributed by atoms with van der Waals surface area (Å²) in [6.07, 6.45) is 0.818. The van der Waals surface area contributed by atoms with E-state index < -0.39 is 0 Å². The summed E-state index contributed by atoms with van der Waals surface area (Å²) >= 11 is 0. The van der Waals surface area contributed by atoms with Crippen LogP contribution in [0.3, 0.4) is 0 Å². The molecule has 31 heavy (non-hydrogen) atoms. The zero-order chi connectivity index (χ0) is 21.8. The summed E-state index contributed by atoms with van der Waals surface area (Å²) in [7, 11) is 0. The van der Waals surface area contributed by atoms with E-state index in [2.05, 4.69) is 36.5 Å². The van der Waals surface area contributed by atoms with Crippen LogP contribution in [0.1, 0.15) is 27.0 Å². The van der Waals surface area contributed by atoms with Gasteiger partial charge in [-0.15, -0.1) is 0 Å². The molecule has 0 aliphatic rings. The van der Waals surface area contributed by atoms with Crippen molar-refractivity contribution in [3.05, 3.63) is 107 Å². The molecule has 4 aromatic carbocycles. The number of amides is 2. The molecule has 0 aliphatic carbocycles. The lowest BCUT2D eigenvalue weighted by atomic mass is 9.99. The van der Waals surface area contributed by atoms with Gasteiger partial charge in [0.1, 0.15) is 0 Å². The Hall–Kier alpha value is -3.92. The standard InChI is InChI=1S/C27H24N2O2/c1-19-11-14-22(15-12-19)27(31)28-25-9-5-6-10-26(25)29(18-30)17-24-20(2)13-16-21-7-3-4-8-23(21)24/h3-16,18H,17H2,1-2H3,(H,28,31). The van der Waals surface area contributed by atoms with Gasteiger partial charge in [-0.25, -0.2) is 0 Å². The quantitative estimate of drug-likeness (QED) is 0.406. The van der Waals surface area contributed by atoms with Crippen molar-refractivity contribution in [3.8, 4) is 0 Å². The van der Waals surface area contributed by atoms with Crippen molar-refractivity contribution >= 4 is 34.5 Å². The van der Waals surface area contributed by atoms with Gasteiger partial charge in [0.05, 0.1) is 17.9 Å². The minimum Gasteiger partial charge on any atom is -0.320 e. The first-order chi connectivity index (χ1) is 15.1.